The van der Waals surface area contributed by atoms with Gasteiger partial charge in [-0.15, -0.1) is 0 Å². The Morgan fingerprint density at radius 3 is 2.00 bits per heavy atom. The standard InChI is InChI=1S/C12H18BNO2.C6H8BNO2/c1-9-6-7-10(8-14-9)13-15-11(2,3)12(4,5)16-13;1-5-2-3-8-4-6(5)7(9)10/h6-8H,1-5H3;2-4,9-10H,1H3. The van der Waals surface area contributed by atoms with E-state index in [9.17, 15) is 0 Å². The van der Waals surface area contributed by atoms with Crippen LogP contribution in [0.1, 0.15) is 39.0 Å². The summed E-state index contributed by atoms with van der Waals surface area (Å²) in [4.78, 5) is 8.01. The molecule has 1 saturated heterocycles. The van der Waals surface area contributed by atoms with Gasteiger partial charge in [-0.3, -0.25) is 9.97 Å². The highest BCUT2D eigenvalue weighted by Crippen LogP contribution is 2.36. The van der Waals surface area contributed by atoms with Crippen LogP contribution in [-0.4, -0.2) is 45.5 Å². The Morgan fingerprint density at radius 1 is 0.962 bits per heavy atom. The Balaban J connectivity index is 0.000000209. The zero-order valence-electron chi connectivity index (χ0n) is 16.2. The summed E-state index contributed by atoms with van der Waals surface area (Å²) < 4.78 is 11.9. The van der Waals surface area contributed by atoms with Gasteiger partial charge in [-0.05, 0) is 59.2 Å². The molecule has 0 saturated carbocycles. The molecule has 0 amide bonds. The highest BCUT2D eigenvalue weighted by molar-refractivity contribution is 6.62. The van der Waals surface area contributed by atoms with Crippen LogP contribution < -0.4 is 10.9 Å². The average Bonchev–Trinajstić information content (AvgIpc) is 2.77. The smallest absolute Gasteiger partial charge is 0.423 e. The molecule has 0 aliphatic carbocycles. The molecular weight excluding hydrogens is 330 g/mol. The highest BCUT2D eigenvalue weighted by Gasteiger charge is 2.51. The topological polar surface area (TPSA) is 84.7 Å². The van der Waals surface area contributed by atoms with Crippen LogP contribution in [0.15, 0.2) is 36.8 Å². The Hall–Kier alpha value is -1.73. The first-order valence-electron chi connectivity index (χ1n) is 8.58. The molecule has 2 aromatic rings. The summed E-state index contributed by atoms with van der Waals surface area (Å²) in [5.41, 5.74) is 2.70. The fourth-order valence-corrected chi connectivity index (χ4v) is 2.34. The molecule has 0 spiro atoms. The van der Waals surface area contributed by atoms with Crippen molar-refractivity contribution in [2.45, 2.75) is 52.7 Å². The molecule has 3 rings (SSSR count). The summed E-state index contributed by atoms with van der Waals surface area (Å²) in [7, 11) is -1.72. The maximum Gasteiger partial charge on any atom is 0.496 e. The minimum atomic E-state index is -1.41. The maximum atomic E-state index is 8.72. The van der Waals surface area contributed by atoms with Gasteiger partial charge in [0.25, 0.3) is 0 Å². The summed E-state index contributed by atoms with van der Waals surface area (Å²) in [5.74, 6) is 0. The molecule has 0 bridgehead atoms. The summed E-state index contributed by atoms with van der Waals surface area (Å²) in [6, 6.07) is 5.71. The Kier molecular flexibility index (Phi) is 6.24. The minimum Gasteiger partial charge on any atom is -0.423 e. The van der Waals surface area contributed by atoms with Crippen molar-refractivity contribution in [1.29, 1.82) is 0 Å². The van der Waals surface area contributed by atoms with Crippen LogP contribution in [0.4, 0.5) is 0 Å². The van der Waals surface area contributed by atoms with Crippen molar-refractivity contribution >= 4 is 25.2 Å². The maximum absolute atomic E-state index is 8.72. The van der Waals surface area contributed by atoms with E-state index in [2.05, 4.69) is 37.7 Å². The van der Waals surface area contributed by atoms with Gasteiger partial charge < -0.3 is 19.4 Å². The monoisotopic (exact) mass is 356 g/mol. The van der Waals surface area contributed by atoms with E-state index in [0.29, 0.717) is 5.46 Å². The van der Waals surface area contributed by atoms with Gasteiger partial charge >= 0.3 is 14.2 Å². The van der Waals surface area contributed by atoms with Gasteiger partial charge in [-0.2, -0.15) is 0 Å². The third-order valence-corrected chi connectivity index (χ3v) is 4.82. The Labute approximate surface area is 155 Å². The van der Waals surface area contributed by atoms with Crippen LogP contribution in [0, 0.1) is 13.8 Å². The van der Waals surface area contributed by atoms with E-state index in [1.54, 1.807) is 19.2 Å². The van der Waals surface area contributed by atoms with E-state index < -0.39 is 7.12 Å². The van der Waals surface area contributed by atoms with Crippen molar-refractivity contribution in [3.63, 3.8) is 0 Å². The molecule has 2 aromatic heterocycles. The van der Waals surface area contributed by atoms with E-state index in [0.717, 1.165) is 16.7 Å². The lowest BCUT2D eigenvalue weighted by atomic mass is 9.79. The van der Waals surface area contributed by atoms with Crippen molar-refractivity contribution in [3.05, 3.63) is 48.0 Å². The predicted octanol–water partition coefficient (Wildman–Crippen LogP) is 0.759. The second kappa shape index (κ2) is 7.88. The number of hydrogen-bond donors (Lipinski definition) is 2. The molecule has 1 aliphatic heterocycles. The Morgan fingerprint density at radius 2 is 1.58 bits per heavy atom. The molecular formula is C18H26B2N2O4. The molecule has 0 unspecified atom stereocenters. The number of hydrogen-bond acceptors (Lipinski definition) is 6. The lowest BCUT2D eigenvalue weighted by Crippen LogP contribution is -2.41. The van der Waals surface area contributed by atoms with Crippen LogP contribution >= 0.6 is 0 Å². The van der Waals surface area contributed by atoms with Crippen LogP contribution in [0.25, 0.3) is 0 Å². The van der Waals surface area contributed by atoms with E-state index in [-0.39, 0.29) is 18.3 Å². The molecule has 2 N–H and O–H groups in total. The van der Waals surface area contributed by atoms with Gasteiger partial charge in [0.15, 0.2) is 0 Å². The molecule has 1 aliphatic rings. The third-order valence-electron chi connectivity index (χ3n) is 4.82. The van der Waals surface area contributed by atoms with Crippen molar-refractivity contribution < 1.29 is 19.4 Å². The van der Waals surface area contributed by atoms with Gasteiger partial charge in [-0.25, -0.2) is 0 Å². The molecule has 1 fully saturated rings. The zero-order valence-corrected chi connectivity index (χ0v) is 16.2. The van der Waals surface area contributed by atoms with E-state index in [1.165, 1.54) is 6.20 Å². The van der Waals surface area contributed by atoms with E-state index in [4.69, 9.17) is 19.4 Å². The molecule has 3 heterocycles. The number of aryl methyl sites for hydroxylation is 2. The summed E-state index contributed by atoms with van der Waals surface area (Å²) in [6.45, 7) is 12.0. The SMILES string of the molecule is Cc1ccc(B2OC(C)(C)C(C)(C)O2)cn1.Cc1ccncc1B(O)O. The second-order valence-corrected chi connectivity index (χ2v) is 7.43. The van der Waals surface area contributed by atoms with Crippen LogP contribution in [0.5, 0.6) is 0 Å². The number of nitrogens with zero attached hydrogens (tertiary/aromatic N) is 2. The minimum absolute atomic E-state index is 0.289. The van der Waals surface area contributed by atoms with Crippen LogP contribution in [0.2, 0.25) is 0 Å². The van der Waals surface area contributed by atoms with E-state index >= 15 is 0 Å². The van der Waals surface area contributed by atoms with Gasteiger partial charge in [0.1, 0.15) is 0 Å². The normalized spacial score (nSPS) is 17.5. The molecule has 0 aromatic carbocycles. The van der Waals surface area contributed by atoms with Crippen molar-refractivity contribution in [3.8, 4) is 0 Å². The van der Waals surface area contributed by atoms with E-state index in [1.807, 2.05) is 25.3 Å². The first-order chi connectivity index (χ1) is 12.0. The molecule has 0 atom stereocenters. The first kappa shape index (κ1) is 20.6. The van der Waals surface area contributed by atoms with Gasteiger partial charge in [0.05, 0.1) is 11.2 Å². The van der Waals surface area contributed by atoms with Crippen molar-refractivity contribution in [1.82, 2.24) is 9.97 Å². The third kappa shape index (κ3) is 4.71. The van der Waals surface area contributed by atoms with Gasteiger partial charge in [0, 0.05) is 35.2 Å². The van der Waals surface area contributed by atoms with Crippen LogP contribution in [0.3, 0.4) is 0 Å². The zero-order chi connectivity index (χ0) is 19.5. The van der Waals surface area contributed by atoms with Crippen LogP contribution in [-0.2, 0) is 9.31 Å². The van der Waals surface area contributed by atoms with Crippen molar-refractivity contribution in [2.75, 3.05) is 0 Å². The van der Waals surface area contributed by atoms with Crippen molar-refractivity contribution in [2.24, 2.45) is 0 Å². The molecule has 6 nitrogen and oxygen atoms in total. The fraction of sp³-hybridized carbons (Fsp3) is 0.444. The molecule has 138 valence electrons. The summed E-state index contributed by atoms with van der Waals surface area (Å²) in [5, 5.41) is 17.4. The molecule has 8 heteroatoms. The summed E-state index contributed by atoms with van der Waals surface area (Å²) >= 11 is 0. The lowest BCUT2D eigenvalue weighted by molar-refractivity contribution is 0.00578. The quantitative estimate of drug-likeness (QED) is 0.773. The second-order valence-electron chi connectivity index (χ2n) is 7.43. The largest absolute Gasteiger partial charge is 0.496 e. The highest BCUT2D eigenvalue weighted by atomic mass is 16.7. The molecule has 26 heavy (non-hydrogen) atoms. The lowest BCUT2D eigenvalue weighted by Gasteiger charge is -2.32. The number of pyridine rings is 2. The number of aromatic nitrogens is 2. The van der Waals surface area contributed by atoms with Gasteiger partial charge in [-0.1, -0.05) is 6.07 Å². The fourth-order valence-electron chi connectivity index (χ4n) is 2.34. The predicted molar refractivity (Wildman–Crippen MR) is 103 cm³/mol. The van der Waals surface area contributed by atoms with Gasteiger partial charge in [0.2, 0.25) is 0 Å². The summed E-state index contributed by atoms with van der Waals surface area (Å²) in [6.07, 6.45) is 4.87. The average molecular weight is 356 g/mol. The first-order valence-corrected chi connectivity index (χ1v) is 8.58. The molecule has 0 radical (unpaired) electrons. The number of rotatable bonds is 2. The Bertz CT molecular complexity index is 720.